The van der Waals surface area contributed by atoms with Crippen molar-refractivity contribution in [2.45, 2.75) is 29.9 Å². The third-order valence-corrected chi connectivity index (χ3v) is 5.54. The molecule has 0 amide bonds. The van der Waals surface area contributed by atoms with Crippen LogP contribution >= 0.6 is 22.9 Å². The van der Waals surface area contributed by atoms with Crippen LogP contribution in [0.3, 0.4) is 0 Å². The van der Waals surface area contributed by atoms with Gasteiger partial charge in [0.2, 0.25) is 0 Å². The SMILES string of the molecule is O=S(=O)(NCCCC1CC1)c1cnc(Cl)s1. The zero-order chi connectivity index (χ0) is 11.6. The van der Waals surface area contributed by atoms with Gasteiger partial charge < -0.3 is 0 Å². The van der Waals surface area contributed by atoms with E-state index in [1.807, 2.05) is 0 Å². The molecule has 1 heterocycles. The molecule has 1 aliphatic carbocycles. The van der Waals surface area contributed by atoms with Gasteiger partial charge in [-0.1, -0.05) is 35.8 Å². The lowest BCUT2D eigenvalue weighted by molar-refractivity contribution is 0.574. The van der Waals surface area contributed by atoms with Crippen LogP contribution in [0.5, 0.6) is 0 Å². The zero-order valence-electron chi connectivity index (χ0n) is 8.65. The fourth-order valence-corrected chi connectivity index (χ4v) is 3.85. The summed E-state index contributed by atoms with van der Waals surface area (Å²) < 4.78 is 26.4. The maximum Gasteiger partial charge on any atom is 0.251 e. The Bertz CT molecular complexity index is 454. The van der Waals surface area contributed by atoms with Gasteiger partial charge in [0.1, 0.15) is 0 Å². The molecule has 1 aliphatic rings. The van der Waals surface area contributed by atoms with E-state index in [1.165, 1.54) is 19.0 Å². The molecule has 0 bridgehead atoms. The Labute approximate surface area is 104 Å². The van der Waals surface area contributed by atoms with E-state index in [4.69, 9.17) is 11.6 Å². The van der Waals surface area contributed by atoms with E-state index in [0.717, 1.165) is 30.1 Å². The largest absolute Gasteiger partial charge is 0.251 e. The highest BCUT2D eigenvalue weighted by molar-refractivity contribution is 7.91. The summed E-state index contributed by atoms with van der Waals surface area (Å²) in [6.07, 6.45) is 5.91. The molecule has 0 atom stereocenters. The summed E-state index contributed by atoms with van der Waals surface area (Å²) in [4.78, 5) is 3.71. The Morgan fingerprint density at radius 2 is 2.31 bits per heavy atom. The van der Waals surface area contributed by atoms with E-state index in [-0.39, 0.29) is 8.68 Å². The Kier molecular flexibility index (Phi) is 3.84. The summed E-state index contributed by atoms with van der Waals surface area (Å²) in [7, 11) is -3.40. The van der Waals surface area contributed by atoms with Crippen LogP contribution in [0.25, 0.3) is 0 Å². The predicted octanol–water partition coefficient (Wildman–Crippen LogP) is 2.26. The van der Waals surface area contributed by atoms with Gasteiger partial charge >= 0.3 is 0 Å². The standard InChI is InChI=1S/C9H13ClN2O2S2/c10-9-11-6-8(15-9)16(13,14)12-5-1-2-7-3-4-7/h6-7,12H,1-5H2. The molecule has 0 unspecified atom stereocenters. The van der Waals surface area contributed by atoms with Crippen LogP contribution < -0.4 is 4.72 Å². The van der Waals surface area contributed by atoms with Crippen LogP contribution in [-0.4, -0.2) is 19.9 Å². The van der Waals surface area contributed by atoms with Gasteiger partial charge in [-0.25, -0.2) is 18.1 Å². The van der Waals surface area contributed by atoms with Gasteiger partial charge in [-0.05, 0) is 18.8 Å². The smallest absolute Gasteiger partial charge is 0.232 e. The third kappa shape index (κ3) is 3.41. The van der Waals surface area contributed by atoms with Crippen molar-refractivity contribution in [1.29, 1.82) is 0 Å². The van der Waals surface area contributed by atoms with E-state index in [0.29, 0.717) is 6.54 Å². The van der Waals surface area contributed by atoms with Crippen LogP contribution in [0.4, 0.5) is 0 Å². The molecular weight excluding hydrogens is 268 g/mol. The van der Waals surface area contributed by atoms with Crippen LogP contribution in [0.15, 0.2) is 10.4 Å². The highest BCUT2D eigenvalue weighted by Gasteiger charge is 2.21. The highest BCUT2D eigenvalue weighted by atomic mass is 35.5. The first-order valence-corrected chi connectivity index (χ1v) is 7.87. The van der Waals surface area contributed by atoms with Crippen molar-refractivity contribution in [2.75, 3.05) is 6.54 Å². The molecule has 1 fully saturated rings. The number of halogens is 1. The van der Waals surface area contributed by atoms with E-state index in [1.54, 1.807) is 0 Å². The molecule has 1 aromatic heterocycles. The lowest BCUT2D eigenvalue weighted by Gasteiger charge is -2.03. The molecule has 0 aromatic carbocycles. The van der Waals surface area contributed by atoms with Crippen LogP contribution in [0.2, 0.25) is 4.47 Å². The number of aromatic nitrogens is 1. The van der Waals surface area contributed by atoms with Gasteiger partial charge in [0, 0.05) is 6.54 Å². The second-order valence-electron chi connectivity index (χ2n) is 3.92. The average Bonchev–Trinajstić information content (AvgIpc) is 2.94. The molecule has 1 saturated carbocycles. The fourth-order valence-electron chi connectivity index (χ4n) is 1.44. The summed E-state index contributed by atoms with van der Waals surface area (Å²) in [5, 5.41) is 0. The van der Waals surface area contributed by atoms with Crippen molar-refractivity contribution in [3.8, 4) is 0 Å². The summed E-state index contributed by atoms with van der Waals surface area (Å²) >= 11 is 6.57. The van der Waals surface area contributed by atoms with Gasteiger partial charge in [-0.2, -0.15) is 0 Å². The molecule has 0 aliphatic heterocycles. The Morgan fingerprint density at radius 3 is 2.88 bits per heavy atom. The second-order valence-corrected chi connectivity index (χ2v) is 7.52. The van der Waals surface area contributed by atoms with Gasteiger partial charge in [-0.15, -0.1) is 0 Å². The molecule has 4 nitrogen and oxygen atoms in total. The summed E-state index contributed by atoms with van der Waals surface area (Å²) in [6.45, 7) is 0.494. The fraction of sp³-hybridized carbons (Fsp3) is 0.667. The van der Waals surface area contributed by atoms with Crippen molar-refractivity contribution in [3.05, 3.63) is 10.7 Å². The number of hydrogen-bond donors (Lipinski definition) is 1. The van der Waals surface area contributed by atoms with Crippen molar-refractivity contribution in [3.63, 3.8) is 0 Å². The zero-order valence-corrected chi connectivity index (χ0v) is 11.0. The summed E-state index contributed by atoms with van der Waals surface area (Å²) in [6, 6.07) is 0. The van der Waals surface area contributed by atoms with Gasteiger partial charge in [0.05, 0.1) is 6.20 Å². The third-order valence-electron chi connectivity index (χ3n) is 2.50. The molecule has 1 N–H and O–H groups in total. The molecule has 7 heteroatoms. The maximum atomic E-state index is 11.7. The number of nitrogens with one attached hydrogen (secondary N) is 1. The number of sulfonamides is 1. The summed E-state index contributed by atoms with van der Waals surface area (Å²) in [5.74, 6) is 0.836. The molecule has 1 aromatic rings. The molecule has 90 valence electrons. The normalized spacial score (nSPS) is 16.6. The van der Waals surface area contributed by atoms with Crippen molar-refractivity contribution in [2.24, 2.45) is 5.92 Å². The average molecular weight is 281 g/mol. The summed E-state index contributed by atoms with van der Waals surface area (Å²) in [5.41, 5.74) is 0. The minimum Gasteiger partial charge on any atom is -0.232 e. The van der Waals surface area contributed by atoms with Crippen LogP contribution in [0.1, 0.15) is 25.7 Å². The molecule has 0 spiro atoms. The lowest BCUT2D eigenvalue weighted by atomic mass is 10.2. The number of nitrogens with zero attached hydrogens (tertiary/aromatic N) is 1. The minimum atomic E-state index is -3.40. The topological polar surface area (TPSA) is 59.1 Å². The predicted molar refractivity (Wildman–Crippen MR) is 64.3 cm³/mol. The van der Waals surface area contributed by atoms with Crippen molar-refractivity contribution in [1.82, 2.24) is 9.71 Å². The van der Waals surface area contributed by atoms with E-state index in [9.17, 15) is 8.42 Å². The van der Waals surface area contributed by atoms with E-state index in [2.05, 4.69) is 9.71 Å². The van der Waals surface area contributed by atoms with Gasteiger partial charge in [0.15, 0.2) is 8.68 Å². The van der Waals surface area contributed by atoms with Gasteiger partial charge in [0.25, 0.3) is 10.0 Å². The van der Waals surface area contributed by atoms with E-state index >= 15 is 0 Å². The molecule has 16 heavy (non-hydrogen) atoms. The Balaban J connectivity index is 1.82. The molecule has 0 saturated heterocycles. The molecule has 2 rings (SSSR count). The Morgan fingerprint density at radius 1 is 1.56 bits per heavy atom. The first-order chi connectivity index (χ1) is 7.58. The van der Waals surface area contributed by atoms with Gasteiger partial charge in [-0.3, -0.25) is 0 Å². The monoisotopic (exact) mass is 280 g/mol. The van der Waals surface area contributed by atoms with Crippen LogP contribution in [0, 0.1) is 5.92 Å². The van der Waals surface area contributed by atoms with Crippen molar-refractivity contribution < 1.29 is 8.42 Å². The number of thiazole rings is 1. The molecule has 0 radical (unpaired) electrons. The maximum absolute atomic E-state index is 11.7. The lowest BCUT2D eigenvalue weighted by Crippen LogP contribution is -2.24. The highest BCUT2D eigenvalue weighted by Crippen LogP contribution is 2.33. The second kappa shape index (κ2) is 5.00. The quantitative estimate of drug-likeness (QED) is 0.813. The minimum absolute atomic E-state index is 0.184. The van der Waals surface area contributed by atoms with Crippen molar-refractivity contribution >= 4 is 33.0 Å². The Hall–Kier alpha value is -0.170. The first kappa shape index (κ1) is 12.3. The van der Waals surface area contributed by atoms with Crippen LogP contribution in [-0.2, 0) is 10.0 Å². The first-order valence-electron chi connectivity index (χ1n) is 5.19. The number of rotatable bonds is 6. The van der Waals surface area contributed by atoms with E-state index < -0.39 is 10.0 Å². The molecular formula is C9H13ClN2O2S2. The number of hydrogen-bond acceptors (Lipinski definition) is 4.